The Morgan fingerprint density at radius 1 is 1.31 bits per heavy atom. The standard InChI is InChI=1S/C21H20ClF4N2O10P/c1-20(23)16(36-19(31)37-21(24,25)26)14(35-17(20)28-7-5-15(29)27-18(28)30)10-34-39(32)33-8-6-13(38-39)11-3-2-4-12(22)9-11/h2-5,7,9,13-14,16-17H,6,8,10H2,1H3,(H,27,29,30)/t13?,14-,16-,17-,20-,39?/m1/s1. The summed E-state index contributed by atoms with van der Waals surface area (Å²) in [5.41, 5.74) is -4.30. The Kier molecular flexibility index (Phi) is 8.26. The van der Waals surface area contributed by atoms with Crippen molar-refractivity contribution in [2.75, 3.05) is 13.2 Å². The number of rotatable bonds is 6. The van der Waals surface area contributed by atoms with Gasteiger partial charge in [0.05, 0.1) is 19.3 Å². The number of nitrogens with one attached hydrogen (secondary N) is 1. The normalized spacial score (nSPS) is 31.1. The van der Waals surface area contributed by atoms with Crippen LogP contribution in [0, 0.1) is 0 Å². The molecular weight excluding hydrogens is 583 g/mol. The van der Waals surface area contributed by atoms with Crippen molar-refractivity contribution in [1.29, 1.82) is 0 Å². The number of ether oxygens (including phenoxy) is 3. The van der Waals surface area contributed by atoms with E-state index in [1.165, 1.54) is 0 Å². The van der Waals surface area contributed by atoms with Crippen LogP contribution < -0.4 is 11.2 Å². The fourth-order valence-electron chi connectivity index (χ4n) is 4.04. The average molecular weight is 603 g/mol. The van der Waals surface area contributed by atoms with Crippen LogP contribution >= 0.6 is 19.4 Å². The Morgan fingerprint density at radius 2 is 2.05 bits per heavy atom. The van der Waals surface area contributed by atoms with Crippen molar-refractivity contribution < 1.29 is 54.7 Å². The number of halogens is 5. The van der Waals surface area contributed by atoms with Crippen molar-refractivity contribution >= 4 is 25.6 Å². The molecule has 2 saturated heterocycles. The molecule has 2 unspecified atom stereocenters. The molecule has 0 aliphatic carbocycles. The summed E-state index contributed by atoms with van der Waals surface area (Å²) in [7, 11) is -4.36. The Bertz CT molecular complexity index is 1380. The van der Waals surface area contributed by atoms with Gasteiger partial charge >= 0.3 is 26.0 Å². The molecule has 1 aromatic carbocycles. The third kappa shape index (κ3) is 6.88. The minimum Gasteiger partial charge on any atom is -0.424 e. The lowest BCUT2D eigenvalue weighted by Gasteiger charge is -2.30. The highest BCUT2D eigenvalue weighted by Gasteiger charge is 2.59. The number of phosphoric ester groups is 1. The lowest BCUT2D eigenvalue weighted by Crippen LogP contribution is -2.46. The zero-order chi connectivity index (χ0) is 28.6. The van der Waals surface area contributed by atoms with E-state index in [4.69, 9.17) is 29.9 Å². The van der Waals surface area contributed by atoms with Gasteiger partial charge in [0, 0.05) is 23.7 Å². The summed E-state index contributed by atoms with van der Waals surface area (Å²) in [5.74, 6) is 0. The van der Waals surface area contributed by atoms with E-state index < -0.39 is 68.4 Å². The van der Waals surface area contributed by atoms with Gasteiger partial charge in [0.1, 0.15) is 6.10 Å². The van der Waals surface area contributed by atoms with Crippen LogP contribution in [0.1, 0.15) is 31.2 Å². The van der Waals surface area contributed by atoms with Gasteiger partial charge < -0.3 is 14.2 Å². The number of benzene rings is 1. The van der Waals surface area contributed by atoms with Gasteiger partial charge in [-0.3, -0.25) is 27.9 Å². The minimum absolute atomic E-state index is 0.0892. The Balaban J connectivity index is 1.56. The number of aromatic amines is 1. The second-order valence-corrected chi connectivity index (χ2v) is 10.6. The molecule has 1 N–H and O–H groups in total. The predicted molar refractivity (Wildman–Crippen MR) is 122 cm³/mol. The Labute approximate surface area is 221 Å². The summed E-state index contributed by atoms with van der Waals surface area (Å²) in [6, 6.07) is 7.33. The van der Waals surface area contributed by atoms with Crippen molar-refractivity contribution in [2.24, 2.45) is 0 Å². The molecule has 6 atom stereocenters. The van der Waals surface area contributed by atoms with Gasteiger partial charge in [0.25, 0.3) is 5.56 Å². The number of phosphoric acid groups is 1. The zero-order valence-corrected chi connectivity index (χ0v) is 21.4. The van der Waals surface area contributed by atoms with Crippen LogP contribution in [0.3, 0.4) is 0 Å². The monoisotopic (exact) mass is 602 g/mol. The number of aromatic nitrogens is 2. The molecule has 3 heterocycles. The number of carbonyl (C=O) groups is 1. The lowest BCUT2D eigenvalue weighted by atomic mass is 9.98. The molecule has 2 aliphatic heterocycles. The zero-order valence-electron chi connectivity index (χ0n) is 19.8. The fourth-order valence-corrected chi connectivity index (χ4v) is 5.63. The van der Waals surface area contributed by atoms with E-state index in [-0.39, 0.29) is 13.0 Å². The van der Waals surface area contributed by atoms with Crippen LogP contribution in [0.25, 0.3) is 0 Å². The van der Waals surface area contributed by atoms with E-state index in [0.717, 1.165) is 19.2 Å². The van der Waals surface area contributed by atoms with E-state index in [2.05, 4.69) is 9.47 Å². The van der Waals surface area contributed by atoms with Crippen LogP contribution in [-0.2, 0) is 32.3 Å². The van der Waals surface area contributed by atoms with Crippen LogP contribution in [0.4, 0.5) is 22.4 Å². The highest BCUT2D eigenvalue weighted by Crippen LogP contribution is 2.57. The molecule has 18 heteroatoms. The topological polar surface area (TPSA) is 144 Å². The number of hydrogen-bond donors (Lipinski definition) is 1. The number of hydrogen-bond acceptors (Lipinski definition) is 10. The predicted octanol–water partition coefficient (Wildman–Crippen LogP) is 4.16. The first-order valence-corrected chi connectivity index (χ1v) is 13.0. The molecule has 0 radical (unpaired) electrons. The Morgan fingerprint density at radius 3 is 2.72 bits per heavy atom. The van der Waals surface area contributed by atoms with E-state index >= 15 is 4.39 Å². The molecule has 1 aromatic heterocycles. The van der Waals surface area contributed by atoms with Crippen molar-refractivity contribution in [3.63, 3.8) is 0 Å². The van der Waals surface area contributed by atoms with Crippen molar-refractivity contribution in [1.82, 2.24) is 9.55 Å². The third-order valence-corrected chi connectivity index (χ3v) is 7.42. The molecule has 0 saturated carbocycles. The number of H-pyrrole nitrogens is 1. The van der Waals surface area contributed by atoms with Gasteiger partial charge in [-0.05, 0) is 24.6 Å². The first kappa shape index (κ1) is 29.2. The first-order chi connectivity index (χ1) is 18.2. The third-order valence-electron chi connectivity index (χ3n) is 5.71. The first-order valence-electron chi connectivity index (χ1n) is 11.1. The van der Waals surface area contributed by atoms with Crippen LogP contribution in [-0.4, -0.2) is 53.2 Å². The molecule has 0 spiro atoms. The highest BCUT2D eigenvalue weighted by atomic mass is 35.5. The van der Waals surface area contributed by atoms with Crippen molar-refractivity contribution in [2.45, 2.75) is 49.9 Å². The van der Waals surface area contributed by atoms with Gasteiger partial charge in [-0.25, -0.2) is 18.5 Å². The van der Waals surface area contributed by atoms with Crippen LogP contribution in [0.15, 0.2) is 46.1 Å². The van der Waals surface area contributed by atoms with Crippen molar-refractivity contribution in [3.8, 4) is 0 Å². The molecule has 4 rings (SSSR count). The van der Waals surface area contributed by atoms with E-state index in [0.29, 0.717) is 15.2 Å². The smallest absolute Gasteiger partial charge is 0.424 e. The lowest BCUT2D eigenvalue weighted by molar-refractivity contribution is -0.301. The molecule has 2 fully saturated rings. The average Bonchev–Trinajstić information content (AvgIpc) is 3.06. The second-order valence-electron chi connectivity index (χ2n) is 8.55. The van der Waals surface area contributed by atoms with Gasteiger partial charge in [-0.15, -0.1) is 13.2 Å². The summed E-state index contributed by atoms with van der Waals surface area (Å²) >= 11 is 5.99. The maximum atomic E-state index is 15.9. The SMILES string of the molecule is C[C@@]1(F)[C@H](OC(=O)OC(F)(F)F)[C@@H](COP2(=O)OCCC(c3cccc(Cl)c3)O2)O[C@H]1n1ccc(=O)[nH]c1=O. The molecule has 2 aliphatic rings. The quantitative estimate of drug-likeness (QED) is 0.291. The molecule has 0 bridgehead atoms. The second kappa shape index (κ2) is 11.0. The fraction of sp³-hybridized carbons (Fsp3) is 0.476. The van der Waals surface area contributed by atoms with E-state index in [9.17, 15) is 32.1 Å². The van der Waals surface area contributed by atoms with Crippen LogP contribution in [0.2, 0.25) is 5.02 Å². The maximum absolute atomic E-state index is 15.9. The van der Waals surface area contributed by atoms with Gasteiger partial charge in [0.2, 0.25) is 0 Å². The minimum atomic E-state index is -5.45. The van der Waals surface area contributed by atoms with Crippen LogP contribution in [0.5, 0.6) is 0 Å². The molecule has 0 amide bonds. The summed E-state index contributed by atoms with van der Waals surface area (Å²) in [4.78, 5) is 37.3. The molecule has 214 valence electrons. The summed E-state index contributed by atoms with van der Waals surface area (Å²) < 4.78 is 96.3. The molecular formula is C21H20ClF4N2O10P. The molecule has 12 nitrogen and oxygen atoms in total. The largest absolute Gasteiger partial charge is 0.577 e. The molecule has 2 aromatic rings. The summed E-state index contributed by atoms with van der Waals surface area (Å²) in [5, 5.41) is 0.384. The summed E-state index contributed by atoms with van der Waals surface area (Å²) in [6.45, 7) is -0.211. The number of alkyl halides is 4. The van der Waals surface area contributed by atoms with Crippen molar-refractivity contribution in [3.05, 3.63) is 68.0 Å². The van der Waals surface area contributed by atoms with E-state index in [1.807, 2.05) is 4.98 Å². The maximum Gasteiger partial charge on any atom is 0.577 e. The van der Waals surface area contributed by atoms with Gasteiger partial charge in [-0.1, -0.05) is 23.7 Å². The molecule has 39 heavy (non-hydrogen) atoms. The summed E-state index contributed by atoms with van der Waals surface area (Å²) in [6.07, 6.45) is -13.3. The highest BCUT2D eigenvalue weighted by molar-refractivity contribution is 7.48. The van der Waals surface area contributed by atoms with Gasteiger partial charge in [0.15, 0.2) is 18.0 Å². The number of nitrogens with zero attached hydrogens (tertiary/aromatic N) is 1. The van der Waals surface area contributed by atoms with E-state index in [1.54, 1.807) is 24.3 Å². The number of carbonyl (C=O) groups excluding carboxylic acids is 1. The van der Waals surface area contributed by atoms with Gasteiger partial charge in [-0.2, -0.15) is 0 Å². The Hall–Kier alpha value is -2.75.